The van der Waals surface area contributed by atoms with E-state index in [0.717, 1.165) is 29.5 Å². The normalized spacial score (nSPS) is 13.7. The SMILES string of the molecule is Cc1nc(N2Cc3ccc(C(=O)O)cc3C2)sc1C. The molecule has 1 N–H and O–H groups in total. The van der Waals surface area contributed by atoms with Crippen molar-refractivity contribution in [1.82, 2.24) is 4.98 Å². The van der Waals surface area contributed by atoms with Crippen LogP contribution in [0.15, 0.2) is 18.2 Å². The second-order valence-electron chi connectivity index (χ2n) is 4.78. The smallest absolute Gasteiger partial charge is 0.335 e. The first-order valence-corrected chi connectivity index (χ1v) is 6.90. The van der Waals surface area contributed by atoms with Crippen LogP contribution in [-0.2, 0) is 13.1 Å². The predicted octanol–water partition coefficient (Wildman–Crippen LogP) is 2.98. The summed E-state index contributed by atoms with van der Waals surface area (Å²) in [5.41, 5.74) is 3.70. The van der Waals surface area contributed by atoms with E-state index in [4.69, 9.17) is 5.11 Å². The fourth-order valence-electron chi connectivity index (χ4n) is 2.25. The van der Waals surface area contributed by atoms with E-state index in [1.165, 1.54) is 10.4 Å². The molecule has 1 aliphatic rings. The lowest BCUT2D eigenvalue weighted by Gasteiger charge is -2.12. The molecular formula is C14H14N2O2S. The Balaban J connectivity index is 1.89. The van der Waals surface area contributed by atoms with Crippen LogP contribution in [0.1, 0.15) is 32.1 Å². The molecule has 0 unspecified atom stereocenters. The number of rotatable bonds is 2. The van der Waals surface area contributed by atoms with Crippen molar-refractivity contribution in [2.24, 2.45) is 0 Å². The molecule has 0 atom stereocenters. The Hall–Kier alpha value is -1.88. The van der Waals surface area contributed by atoms with Crippen molar-refractivity contribution in [3.63, 3.8) is 0 Å². The van der Waals surface area contributed by atoms with Gasteiger partial charge in [-0.2, -0.15) is 0 Å². The van der Waals surface area contributed by atoms with Crippen molar-refractivity contribution in [2.75, 3.05) is 4.90 Å². The van der Waals surface area contributed by atoms with E-state index in [1.807, 2.05) is 13.0 Å². The average Bonchev–Trinajstić information content (AvgIpc) is 2.92. The van der Waals surface area contributed by atoms with Crippen LogP contribution in [0.25, 0.3) is 0 Å². The molecule has 0 amide bonds. The van der Waals surface area contributed by atoms with Gasteiger partial charge in [-0.3, -0.25) is 0 Å². The fourth-order valence-corrected chi connectivity index (χ4v) is 3.16. The van der Waals surface area contributed by atoms with Crippen molar-refractivity contribution in [2.45, 2.75) is 26.9 Å². The topological polar surface area (TPSA) is 53.4 Å². The van der Waals surface area contributed by atoms with Crippen molar-refractivity contribution in [1.29, 1.82) is 0 Å². The molecule has 0 aliphatic carbocycles. The Labute approximate surface area is 115 Å². The summed E-state index contributed by atoms with van der Waals surface area (Å²) >= 11 is 1.69. The van der Waals surface area contributed by atoms with Gasteiger partial charge in [0.05, 0.1) is 11.3 Å². The molecule has 4 nitrogen and oxygen atoms in total. The number of thiazole rings is 1. The molecule has 1 aromatic heterocycles. The minimum Gasteiger partial charge on any atom is -0.478 e. The molecular weight excluding hydrogens is 260 g/mol. The van der Waals surface area contributed by atoms with Crippen molar-refractivity contribution < 1.29 is 9.90 Å². The van der Waals surface area contributed by atoms with Gasteiger partial charge < -0.3 is 10.0 Å². The lowest BCUT2D eigenvalue weighted by Crippen LogP contribution is -2.13. The maximum Gasteiger partial charge on any atom is 0.335 e. The number of fused-ring (bicyclic) bond motifs is 1. The van der Waals surface area contributed by atoms with E-state index in [0.29, 0.717) is 5.56 Å². The zero-order valence-electron chi connectivity index (χ0n) is 10.8. The lowest BCUT2D eigenvalue weighted by atomic mass is 10.1. The molecule has 0 bridgehead atoms. The monoisotopic (exact) mass is 274 g/mol. The highest BCUT2D eigenvalue weighted by Crippen LogP contribution is 2.32. The number of hydrogen-bond donors (Lipinski definition) is 1. The quantitative estimate of drug-likeness (QED) is 0.914. The van der Waals surface area contributed by atoms with Crippen molar-refractivity contribution in [3.05, 3.63) is 45.5 Å². The minimum absolute atomic E-state index is 0.354. The van der Waals surface area contributed by atoms with E-state index in [2.05, 4.69) is 16.8 Å². The van der Waals surface area contributed by atoms with Crippen molar-refractivity contribution in [3.8, 4) is 0 Å². The number of aromatic carboxylic acids is 1. The second kappa shape index (κ2) is 4.35. The summed E-state index contributed by atoms with van der Waals surface area (Å²) in [6, 6.07) is 5.35. The third-order valence-electron chi connectivity index (χ3n) is 3.46. The first kappa shape index (κ1) is 12.2. The lowest BCUT2D eigenvalue weighted by molar-refractivity contribution is 0.0697. The summed E-state index contributed by atoms with van der Waals surface area (Å²) in [5, 5.41) is 10.0. The summed E-state index contributed by atoms with van der Waals surface area (Å²) in [4.78, 5) is 19.0. The molecule has 2 aromatic rings. The Bertz CT molecular complexity index is 644. The van der Waals surface area contributed by atoms with E-state index in [9.17, 15) is 4.79 Å². The molecule has 5 heteroatoms. The van der Waals surface area contributed by atoms with Gasteiger partial charge in [0.1, 0.15) is 0 Å². The molecule has 98 valence electrons. The van der Waals surface area contributed by atoms with Crippen LogP contribution in [0.3, 0.4) is 0 Å². The maximum atomic E-state index is 11.0. The first-order valence-electron chi connectivity index (χ1n) is 6.08. The standard InChI is InChI=1S/C14H14N2O2S/c1-8-9(2)19-14(15-8)16-6-11-4-3-10(13(17)18)5-12(11)7-16/h3-5H,6-7H2,1-2H3,(H,17,18). The molecule has 1 aliphatic heterocycles. The van der Waals surface area contributed by atoms with Crippen LogP contribution in [0.5, 0.6) is 0 Å². The largest absolute Gasteiger partial charge is 0.478 e. The summed E-state index contributed by atoms with van der Waals surface area (Å²) in [7, 11) is 0. The van der Waals surface area contributed by atoms with Gasteiger partial charge in [-0.1, -0.05) is 6.07 Å². The van der Waals surface area contributed by atoms with Crippen LogP contribution in [0.4, 0.5) is 5.13 Å². The number of carboxylic acid groups (broad SMARTS) is 1. The number of carbonyl (C=O) groups is 1. The molecule has 1 aromatic carbocycles. The van der Waals surface area contributed by atoms with Crippen LogP contribution < -0.4 is 4.90 Å². The molecule has 0 saturated carbocycles. The molecule has 0 fully saturated rings. The molecule has 0 spiro atoms. The number of nitrogens with zero attached hydrogens (tertiary/aromatic N) is 2. The molecule has 2 heterocycles. The molecule has 0 saturated heterocycles. The highest BCUT2D eigenvalue weighted by Gasteiger charge is 2.22. The Morgan fingerprint density at radius 2 is 2.05 bits per heavy atom. The summed E-state index contributed by atoms with van der Waals surface area (Å²) in [6.07, 6.45) is 0. The van der Waals surface area contributed by atoms with E-state index in [-0.39, 0.29) is 0 Å². The van der Waals surface area contributed by atoms with Gasteiger partial charge in [0.2, 0.25) is 0 Å². The third-order valence-corrected chi connectivity index (χ3v) is 4.60. The number of hydrogen-bond acceptors (Lipinski definition) is 4. The highest BCUT2D eigenvalue weighted by atomic mass is 32.1. The van der Waals surface area contributed by atoms with Crippen LogP contribution in [0, 0.1) is 13.8 Å². The Kier molecular flexibility index (Phi) is 2.78. The van der Waals surface area contributed by atoms with Gasteiger partial charge in [0.25, 0.3) is 0 Å². The molecule has 3 rings (SSSR count). The first-order chi connectivity index (χ1) is 9.04. The number of benzene rings is 1. The van der Waals surface area contributed by atoms with Gasteiger partial charge >= 0.3 is 5.97 Å². The predicted molar refractivity (Wildman–Crippen MR) is 74.9 cm³/mol. The van der Waals surface area contributed by atoms with Gasteiger partial charge in [-0.05, 0) is 37.1 Å². The van der Waals surface area contributed by atoms with E-state index in [1.54, 1.807) is 23.5 Å². The number of carboxylic acids is 1. The van der Waals surface area contributed by atoms with Gasteiger partial charge in [-0.15, -0.1) is 11.3 Å². The van der Waals surface area contributed by atoms with E-state index < -0.39 is 5.97 Å². The van der Waals surface area contributed by atoms with Gasteiger partial charge in [0, 0.05) is 18.0 Å². The molecule has 0 radical (unpaired) electrons. The van der Waals surface area contributed by atoms with Crippen LogP contribution >= 0.6 is 11.3 Å². The molecule has 19 heavy (non-hydrogen) atoms. The van der Waals surface area contributed by atoms with Gasteiger partial charge in [-0.25, -0.2) is 9.78 Å². The van der Waals surface area contributed by atoms with Crippen LogP contribution in [-0.4, -0.2) is 16.1 Å². The second-order valence-corrected chi connectivity index (χ2v) is 5.96. The number of aryl methyl sites for hydroxylation is 2. The van der Waals surface area contributed by atoms with Crippen LogP contribution in [0.2, 0.25) is 0 Å². The Morgan fingerprint density at radius 1 is 1.32 bits per heavy atom. The summed E-state index contributed by atoms with van der Waals surface area (Å²) in [5.74, 6) is -0.873. The van der Waals surface area contributed by atoms with E-state index >= 15 is 0 Å². The summed E-state index contributed by atoms with van der Waals surface area (Å²) in [6.45, 7) is 5.63. The summed E-state index contributed by atoms with van der Waals surface area (Å²) < 4.78 is 0. The third kappa shape index (κ3) is 2.10. The highest BCUT2D eigenvalue weighted by molar-refractivity contribution is 7.15. The maximum absolute atomic E-state index is 11.0. The zero-order valence-corrected chi connectivity index (χ0v) is 11.6. The number of aromatic nitrogens is 1. The average molecular weight is 274 g/mol. The minimum atomic E-state index is -0.873. The number of anilines is 1. The fraction of sp³-hybridized carbons (Fsp3) is 0.286. The van der Waals surface area contributed by atoms with Crippen molar-refractivity contribution >= 4 is 22.4 Å². The zero-order chi connectivity index (χ0) is 13.6. The Morgan fingerprint density at radius 3 is 2.68 bits per heavy atom. The van der Waals surface area contributed by atoms with Gasteiger partial charge in [0.15, 0.2) is 5.13 Å².